The second-order valence-corrected chi connectivity index (χ2v) is 7.75. The summed E-state index contributed by atoms with van der Waals surface area (Å²) in [6, 6.07) is 17.1. The zero-order valence-corrected chi connectivity index (χ0v) is 15.5. The molecule has 2 aliphatic rings. The Kier molecular flexibility index (Phi) is 5.07. The van der Waals surface area contributed by atoms with Gasteiger partial charge in [0.15, 0.2) is 0 Å². The molecule has 0 spiro atoms. The average Bonchev–Trinajstić information content (AvgIpc) is 2.84. The number of hydrogen-bond donors (Lipinski definition) is 1. The lowest BCUT2D eigenvalue weighted by Crippen LogP contribution is -3.14. The highest BCUT2D eigenvalue weighted by Crippen LogP contribution is 2.35. The molecule has 1 N–H and O–H groups in total. The second-order valence-electron chi connectivity index (χ2n) is 7.75. The molecule has 0 amide bonds. The molecule has 1 heterocycles. The van der Waals surface area contributed by atoms with Crippen molar-refractivity contribution in [2.45, 2.75) is 44.1 Å². The molecule has 1 saturated heterocycles. The number of nitrogens with one attached hydrogen (secondary N) is 1. The maximum atomic E-state index is 13.2. The Morgan fingerprint density at radius 1 is 1.00 bits per heavy atom. The van der Waals surface area contributed by atoms with Gasteiger partial charge >= 0.3 is 5.97 Å². The van der Waals surface area contributed by atoms with Gasteiger partial charge in [-0.05, 0) is 47.9 Å². The van der Waals surface area contributed by atoms with E-state index in [9.17, 15) is 4.79 Å². The minimum atomic E-state index is -0.297. The molecule has 1 unspecified atom stereocenters. The number of rotatable bonds is 3. The van der Waals surface area contributed by atoms with Crippen LogP contribution in [0.2, 0.25) is 0 Å². The lowest BCUT2D eigenvalue weighted by Gasteiger charge is -2.29. The van der Waals surface area contributed by atoms with E-state index in [2.05, 4.69) is 43.4 Å². The van der Waals surface area contributed by atoms with Crippen LogP contribution >= 0.6 is 0 Å². The average molecular weight is 350 g/mol. The Balaban J connectivity index is 1.61. The normalized spacial score (nSPS) is 22.8. The Bertz CT molecular complexity index is 738. The van der Waals surface area contributed by atoms with E-state index in [1.54, 1.807) is 0 Å². The molecule has 2 aromatic rings. The van der Waals surface area contributed by atoms with E-state index >= 15 is 0 Å². The van der Waals surface area contributed by atoms with Crippen LogP contribution in [0.15, 0.2) is 48.5 Å². The molecule has 1 fully saturated rings. The first-order valence-corrected chi connectivity index (χ1v) is 9.88. The van der Waals surface area contributed by atoms with Crippen LogP contribution in [-0.2, 0) is 22.4 Å². The van der Waals surface area contributed by atoms with Gasteiger partial charge in [0.1, 0.15) is 18.6 Å². The first kappa shape index (κ1) is 17.3. The van der Waals surface area contributed by atoms with Gasteiger partial charge < -0.3 is 9.64 Å². The van der Waals surface area contributed by atoms with E-state index in [-0.39, 0.29) is 11.9 Å². The number of ether oxygens (including phenoxy) is 1. The van der Waals surface area contributed by atoms with Crippen molar-refractivity contribution in [3.63, 3.8) is 0 Å². The van der Waals surface area contributed by atoms with Crippen molar-refractivity contribution in [3.8, 4) is 0 Å². The van der Waals surface area contributed by atoms with Crippen LogP contribution in [0.1, 0.15) is 47.4 Å². The molecular formula is C23H28NO2+. The van der Waals surface area contributed by atoms with Gasteiger partial charge in [-0.25, -0.2) is 0 Å². The first-order valence-electron chi connectivity index (χ1n) is 9.88. The van der Waals surface area contributed by atoms with E-state index in [1.165, 1.54) is 35.4 Å². The Morgan fingerprint density at radius 2 is 1.62 bits per heavy atom. The number of likely N-dealkylation sites (tertiary alicyclic amines) is 1. The fourth-order valence-corrected chi connectivity index (χ4v) is 4.51. The summed E-state index contributed by atoms with van der Waals surface area (Å²) in [6.45, 7) is 1.71. The van der Waals surface area contributed by atoms with E-state index in [0.29, 0.717) is 12.6 Å². The van der Waals surface area contributed by atoms with Crippen LogP contribution in [0.5, 0.6) is 0 Å². The molecule has 0 radical (unpaired) electrons. The number of carbonyl (C=O) groups excluding carboxylic acids is 1. The third-order valence-corrected chi connectivity index (χ3v) is 6.13. The largest absolute Gasteiger partial charge is 0.459 e. The van der Waals surface area contributed by atoms with Gasteiger partial charge in [-0.1, -0.05) is 48.5 Å². The van der Waals surface area contributed by atoms with E-state index in [0.717, 1.165) is 30.4 Å². The highest BCUT2D eigenvalue weighted by molar-refractivity contribution is 5.83. The molecule has 26 heavy (non-hydrogen) atoms. The van der Waals surface area contributed by atoms with Crippen molar-refractivity contribution in [2.75, 3.05) is 20.2 Å². The molecular weight excluding hydrogens is 322 g/mol. The first-order chi connectivity index (χ1) is 12.7. The molecule has 0 bridgehead atoms. The van der Waals surface area contributed by atoms with Crippen LogP contribution in [0, 0.1) is 0 Å². The minimum absolute atomic E-state index is 0.0924. The quantitative estimate of drug-likeness (QED) is 0.863. The third kappa shape index (κ3) is 3.41. The van der Waals surface area contributed by atoms with Gasteiger partial charge in [-0.2, -0.15) is 0 Å². The summed E-state index contributed by atoms with van der Waals surface area (Å²) in [5.74, 6) is -0.390. The summed E-state index contributed by atoms with van der Waals surface area (Å²) in [5.41, 5.74) is 4.77. The summed E-state index contributed by atoms with van der Waals surface area (Å²) in [6.07, 6.45) is 5.63. The molecule has 4 rings (SSSR count). The molecule has 3 nitrogen and oxygen atoms in total. The monoisotopic (exact) mass is 350 g/mol. The molecule has 136 valence electrons. The molecule has 1 aliphatic heterocycles. The number of likely N-dealkylation sites (N-methyl/N-ethyl adjacent to an activating group) is 1. The number of fused-ring (bicyclic) bond motifs is 2. The van der Waals surface area contributed by atoms with Gasteiger partial charge in [0.05, 0.1) is 13.6 Å². The predicted octanol–water partition coefficient (Wildman–Crippen LogP) is 2.53. The van der Waals surface area contributed by atoms with Crippen molar-refractivity contribution in [2.24, 2.45) is 0 Å². The highest BCUT2D eigenvalue weighted by atomic mass is 16.5. The number of piperidine rings is 1. The molecule has 0 saturated carbocycles. The van der Waals surface area contributed by atoms with Gasteiger partial charge in [0.25, 0.3) is 0 Å². The summed E-state index contributed by atoms with van der Waals surface area (Å²) in [7, 11) is 2.22. The van der Waals surface area contributed by atoms with Gasteiger partial charge in [-0.3, -0.25) is 4.79 Å². The SMILES string of the molecule is C[NH+]1CCCC[C@@H]1COC(=O)C1c2ccccc2CCc2ccccc21. The second kappa shape index (κ2) is 7.63. The Morgan fingerprint density at radius 3 is 2.23 bits per heavy atom. The standard InChI is InChI=1S/C23H27NO2/c1-24-15-7-6-10-19(24)16-26-23(25)22-20-11-4-2-8-17(20)13-14-18-9-3-5-12-21(18)22/h2-5,8-9,11-12,19,22H,6-7,10,13-16H2,1H3/p+1/t19-/m1/s1. The summed E-state index contributed by atoms with van der Waals surface area (Å²) in [4.78, 5) is 14.7. The Hall–Kier alpha value is -2.13. The van der Waals surface area contributed by atoms with Crippen LogP contribution in [0.4, 0.5) is 0 Å². The van der Waals surface area contributed by atoms with E-state index in [4.69, 9.17) is 4.74 Å². The number of aryl methyl sites for hydroxylation is 2. The smallest absolute Gasteiger partial charge is 0.318 e. The predicted molar refractivity (Wildman–Crippen MR) is 102 cm³/mol. The lowest BCUT2D eigenvalue weighted by molar-refractivity contribution is -0.911. The topological polar surface area (TPSA) is 30.7 Å². The highest BCUT2D eigenvalue weighted by Gasteiger charge is 2.32. The number of carbonyl (C=O) groups is 1. The van der Waals surface area contributed by atoms with Gasteiger partial charge in [0, 0.05) is 6.42 Å². The molecule has 3 heteroatoms. The van der Waals surface area contributed by atoms with Crippen LogP contribution in [0.25, 0.3) is 0 Å². The van der Waals surface area contributed by atoms with E-state index < -0.39 is 0 Å². The zero-order chi connectivity index (χ0) is 17.9. The summed E-state index contributed by atoms with van der Waals surface area (Å²) >= 11 is 0. The number of esters is 1. The van der Waals surface area contributed by atoms with E-state index in [1.807, 2.05) is 12.1 Å². The summed E-state index contributed by atoms with van der Waals surface area (Å²) in [5, 5.41) is 0. The number of quaternary nitrogens is 1. The third-order valence-electron chi connectivity index (χ3n) is 6.13. The van der Waals surface area contributed by atoms with Crippen molar-refractivity contribution in [1.82, 2.24) is 0 Å². The zero-order valence-electron chi connectivity index (χ0n) is 15.5. The van der Waals surface area contributed by atoms with Crippen molar-refractivity contribution < 1.29 is 14.4 Å². The van der Waals surface area contributed by atoms with Gasteiger partial charge in [-0.15, -0.1) is 0 Å². The maximum Gasteiger partial charge on any atom is 0.318 e. The molecule has 1 aliphatic carbocycles. The molecule has 0 aromatic heterocycles. The van der Waals surface area contributed by atoms with Crippen molar-refractivity contribution >= 4 is 5.97 Å². The van der Waals surface area contributed by atoms with Crippen molar-refractivity contribution in [3.05, 3.63) is 70.8 Å². The van der Waals surface area contributed by atoms with Crippen molar-refractivity contribution in [1.29, 1.82) is 0 Å². The van der Waals surface area contributed by atoms with Crippen LogP contribution < -0.4 is 4.90 Å². The fourth-order valence-electron chi connectivity index (χ4n) is 4.51. The summed E-state index contributed by atoms with van der Waals surface area (Å²) < 4.78 is 5.90. The lowest BCUT2D eigenvalue weighted by atomic mass is 9.88. The maximum absolute atomic E-state index is 13.2. The Labute approximate surface area is 156 Å². The fraction of sp³-hybridized carbons (Fsp3) is 0.435. The van der Waals surface area contributed by atoms with Crippen LogP contribution in [0.3, 0.4) is 0 Å². The molecule has 2 aromatic carbocycles. The molecule has 2 atom stereocenters. The van der Waals surface area contributed by atoms with Gasteiger partial charge in [0.2, 0.25) is 0 Å². The van der Waals surface area contributed by atoms with Crippen LogP contribution in [-0.4, -0.2) is 32.2 Å². The number of hydrogen-bond acceptors (Lipinski definition) is 2. The minimum Gasteiger partial charge on any atom is -0.459 e. The number of benzene rings is 2.